The van der Waals surface area contributed by atoms with Gasteiger partial charge >= 0.3 is 0 Å². The SMILES string of the molecule is C=CC(=O)Nc1cccc(-c2nncn2C)c1. The minimum absolute atomic E-state index is 0.236. The molecule has 1 amide bonds. The highest BCUT2D eigenvalue weighted by molar-refractivity contribution is 5.99. The number of aromatic nitrogens is 3. The Kier molecular flexibility index (Phi) is 3.00. The van der Waals surface area contributed by atoms with Crippen molar-refractivity contribution < 1.29 is 4.79 Å². The summed E-state index contributed by atoms with van der Waals surface area (Å²) in [5.41, 5.74) is 1.60. The topological polar surface area (TPSA) is 59.8 Å². The zero-order valence-electron chi connectivity index (χ0n) is 9.42. The second-order valence-electron chi connectivity index (χ2n) is 3.54. The summed E-state index contributed by atoms with van der Waals surface area (Å²) in [4.78, 5) is 11.2. The summed E-state index contributed by atoms with van der Waals surface area (Å²) in [6.45, 7) is 3.40. The van der Waals surface area contributed by atoms with E-state index in [2.05, 4.69) is 22.1 Å². The average molecular weight is 228 g/mol. The molecule has 0 atom stereocenters. The second kappa shape index (κ2) is 4.61. The molecule has 0 aliphatic heterocycles. The molecule has 0 bridgehead atoms. The quantitative estimate of drug-likeness (QED) is 0.812. The van der Waals surface area contributed by atoms with Crippen molar-refractivity contribution in [3.05, 3.63) is 43.2 Å². The molecule has 2 rings (SSSR count). The van der Waals surface area contributed by atoms with Gasteiger partial charge in [-0.1, -0.05) is 18.7 Å². The Morgan fingerprint density at radius 3 is 3.00 bits per heavy atom. The fourth-order valence-corrected chi connectivity index (χ4v) is 1.47. The fraction of sp³-hybridized carbons (Fsp3) is 0.0833. The van der Waals surface area contributed by atoms with E-state index in [1.165, 1.54) is 6.08 Å². The van der Waals surface area contributed by atoms with Gasteiger partial charge in [-0.3, -0.25) is 4.79 Å². The van der Waals surface area contributed by atoms with Gasteiger partial charge in [-0.25, -0.2) is 0 Å². The van der Waals surface area contributed by atoms with Crippen LogP contribution in [0.2, 0.25) is 0 Å². The van der Waals surface area contributed by atoms with Gasteiger partial charge in [0.25, 0.3) is 0 Å². The maximum absolute atomic E-state index is 11.2. The van der Waals surface area contributed by atoms with E-state index in [0.29, 0.717) is 5.69 Å². The number of carbonyl (C=O) groups excluding carboxylic acids is 1. The number of hydrogen-bond acceptors (Lipinski definition) is 3. The number of benzene rings is 1. The molecule has 0 saturated heterocycles. The van der Waals surface area contributed by atoms with E-state index in [1.807, 2.05) is 29.8 Å². The second-order valence-corrected chi connectivity index (χ2v) is 3.54. The van der Waals surface area contributed by atoms with Crippen molar-refractivity contribution in [2.45, 2.75) is 0 Å². The third-order valence-electron chi connectivity index (χ3n) is 2.29. The minimum atomic E-state index is -0.236. The summed E-state index contributed by atoms with van der Waals surface area (Å²) in [5.74, 6) is 0.514. The summed E-state index contributed by atoms with van der Waals surface area (Å²) in [6, 6.07) is 7.41. The molecule has 1 N–H and O–H groups in total. The van der Waals surface area contributed by atoms with Crippen LogP contribution in [-0.2, 0) is 11.8 Å². The maximum Gasteiger partial charge on any atom is 0.247 e. The van der Waals surface area contributed by atoms with Crippen LogP contribution in [0.1, 0.15) is 0 Å². The standard InChI is InChI=1S/C12H12N4O/c1-3-11(17)14-10-6-4-5-9(7-10)12-15-13-8-16(12)2/h3-8H,1H2,2H3,(H,14,17). The van der Waals surface area contributed by atoms with Crippen molar-refractivity contribution in [2.24, 2.45) is 7.05 Å². The van der Waals surface area contributed by atoms with Crippen molar-refractivity contribution in [3.63, 3.8) is 0 Å². The molecule has 5 heteroatoms. The first-order valence-corrected chi connectivity index (χ1v) is 5.08. The monoisotopic (exact) mass is 228 g/mol. The van der Waals surface area contributed by atoms with Gasteiger partial charge in [0.05, 0.1) is 0 Å². The summed E-state index contributed by atoms with van der Waals surface area (Å²) >= 11 is 0. The van der Waals surface area contributed by atoms with Gasteiger partial charge in [0.15, 0.2) is 5.82 Å². The average Bonchev–Trinajstić information content (AvgIpc) is 2.75. The van der Waals surface area contributed by atoms with Gasteiger partial charge < -0.3 is 9.88 Å². The molecule has 2 aromatic rings. The Labute approximate surface area is 98.8 Å². The maximum atomic E-state index is 11.2. The Morgan fingerprint density at radius 1 is 1.53 bits per heavy atom. The van der Waals surface area contributed by atoms with E-state index in [-0.39, 0.29) is 5.91 Å². The number of aryl methyl sites for hydroxylation is 1. The van der Waals surface area contributed by atoms with Crippen molar-refractivity contribution >= 4 is 11.6 Å². The Bertz CT molecular complexity index is 559. The molecule has 0 aliphatic rings. The van der Waals surface area contributed by atoms with Crippen LogP contribution in [-0.4, -0.2) is 20.7 Å². The highest BCUT2D eigenvalue weighted by Crippen LogP contribution is 2.19. The van der Waals surface area contributed by atoms with Crippen LogP contribution in [0.5, 0.6) is 0 Å². The normalized spacial score (nSPS) is 9.94. The first kappa shape index (κ1) is 11.1. The molecular formula is C12H12N4O. The molecule has 1 aromatic carbocycles. The van der Waals surface area contributed by atoms with E-state index in [4.69, 9.17) is 0 Å². The number of anilines is 1. The van der Waals surface area contributed by atoms with Crippen molar-refractivity contribution in [3.8, 4) is 11.4 Å². The number of amides is 1. The van der Waals surface area contributed by atoms with Crippen LogP contribution < -0.4 is 5.32 Å². The number of nitrogens with zero attached hydrogens (tertiary/aromatic N) is 3. The fourth-order valence-electron chi connectivity index (χ4n) is 1.47. The Hall–Kier alpha value is -2.43. The summed E-state index contributed by atoms with van der Waals surface area (Å²) < 4.78 is 1.81. The Balaban J connectivity index is 2.32. The zero-order valence-corrected chi connectivity index (χ0v) is 9.42. The highest BCUT2D eigenvalue weighted by Gasteiger charge is 2.05. The third-order valence-corrected chi connectivity index (χ3v) is 2.29. The largest absolute Gasteiger partial charge is 0.323 e. The Morgan fingerprint density at radius 2 is 2.35 bits per heavy atom. The van der Waals surface area contributed by atoms with Gasteiger partial charge in [0.2, 0.25) is 5.91 Å². The van der Waals surface area contributed by atoms with Gasteiger partial charge in [-0.2, -0.15) is 0 Å². The molecule has 1 aromatic heterocycles. The smallest absolute Gasteiger partial charge is 0.247 e. The predicted octanol–water partition coefficient (Wildman–Crippen LogP) is 1.61. The lowest BCUT2D eigenvalue weighted by molar-refractivity contribution is -0.111. The van der Waals surface area contributed by atoms with Gasteiger partial charge in [-0.15, -0.1) is 10.2 Å². The highest BCUT2D eigenvalue weighted by atomic mass is 16.1. The van der Waals surface area contributed by atoms with Gasteiger partial charge in [0.1, 0.15) is 6.33 Å². The number of carbonyl (C=O) groups is 1. The van der Waals surface area contributed by atoms with E-state index in [0.717, 1.165) is 11.4 Å². The molecule has 0 saturated carbocycles. The van der Waals surface area contributed by atoms with Crippen molar-refractivity contribution in [1.82, 2.24) is 14.8 Å². The van der Waals surface area contributed by atoms with Crippen LogP contribution in [0.25, 0.3) is 11.4 Å². The molecule has 86 valence electrons. The summed E-state index contributed by atoms with van der Waals surface area (Å²) in [5, 5.41) is 10.5. The summed E-state index contributed by atoms with van der Waals surface area (Å²) in [7, 11) is 1.87. The molecule has 17 heavy (non-hydrogen) atoms. The number of nitrogens with one attached hydrogen (secondary N) is 1. The molecule has 0 spiro atoms. The number of hydrogen-bond donors (Lipinski definition) is 1. The molecule has 0 radical (unpaired) electrons. The van der Waals surface area contributed by atoms with E-state index >= 15 is 0 Å². The van der Waals surface area contributed by atoms with Crippen molar-refractivity contribution in [1.29, 1.82) is 0 Å². The van der Waals surface area contributed by atoms with E-state index in [9.17, 15) is 4.79 Å². The molecular weight excluding hydrogens is 216 g/mol. The molecule has 5 nitrogen and oxygen atoms in total. The van der Waals surface area contributed by atoms with Crippen LogP contribution in [0.15, 0.2) is 43.2 Å². The van der Waals surface area contributed by atoms with Gasteiger partial charge in [-0.05, 0) is 18.2 Å². The minimum Gasteiger partial charge on any atom is -0.323 e. The zero-order chi connectivity index (χ0) is 12.3. The predicted molar refractivity (Wildman–Crippen MR) is 65.3 cm³/mol. The first-order chi connectivity index (χ1) is 8.20. The molecule has 0 aliphatic carbocycles. The van der Waals surface area contributed by atoms with Crippen LogP contribution in [0.3, 0.4) is 0 Å². The van der Waals surface area contributed by atoms with Crippen LogP contribution >= 0.6 is 0 Å². The first-order valence-electron chi connectivity index (χ1n) is 5.08. The van der Waals surface area contributed by atoms with Crippen LogP contribution in [0, 0.1) is 0 Å². The lowest BCUT2D eigenvalue weighted by Crippen LogP contribution is -2.07. The van der Waals surface area contributed by atoms with Crippen molar-refractivity contribution in [2.75, 3.05) is 5.32 Å². The van der Waals surface area contributed by atoms with Gasteiger partial charge in [0, 0.05) is 18.3 Å². The number of rotatable bonds is 3. The van der Waals surface area contributed by atoms with Crippen LogP contribution in [0.4, 0.5) is 5.69 Å². The lowest BCUT2D eigenvalue weighted by Gasteiger charge is -2.05. The van der Waals surface area contributed by atoms with E-state index < -0.39 is 0 Å². The van der Waals surface area contributed by atoms with E-state index in [1.54, 1.807) is 12.4 Å². The third kappa shape index (κ3) is 2.39. The summed E-state index contributed by atoms with van der Waals surface area (Å²) in [6.07, 6.45) is 2.86. The lowest BCUT2D eigenvalue weighted by atomic mass is 10.2. The molecule has 0 unspecified atom stereocenters. The molecule has 0 fully saturated rings. The molecule has 1 heterocycles.